The third-order valence-corrected chi connectivity index (χ3v) is 3.28. The molecule has 0 spiro atoms. The van der Waals surface area contributed by atoms with Gasteiger partial charge in [0.05, 0.1) is 6.10 Å². The highest BCUT2D eigenvalue weighted by atomic mass is 28.3. The molecule has 1 unspecified atom stereocenters. The minimum absolute atomic E-state index is 0.400. The van der Waals surface area contributed by atoms with Crippen LogP contribution in [0.5, 0.6) is 0 Å². The summed E-state index contributed by atoms with van der Waals surface area (Å²) in [5.41, 5.74) is 1.54. The minimum Gasteiger partial charge on any atom is -0.414 e. The first-order chi connectivity index (χ1) is 5.70. The first kappa shape index (κ1) is 10.0. The van der Waals surface area contributed by atoms with E-state index in [0.717, 1.165) is 0 Å². The van der Waals surface area contributed by atoms with Gasteiger partial charge in [-0.1, -0.05) is 6.08 Å². The van der Waals surface area contributed by atoms with E-state index in [0.29, 0.717) is 6.10 Å². The summed E-state index contributed by atoms with van der Waals surface area (Å²) in [6, 6.07) is 0. The van der Waals surface area contributed by atoms with Crippen LogP contribution in [-0.4, -0.2) is 15.1 Å². The zero-order chi connectivity index (χ0) is 8.97. The lowest BCUT2D eigenvalue weighted by Crippen LogP contribution is -2.20. The molecule has 0 bridgehead atoms. The van der Waals surface area contributed by atoms with Crippen molar-refractivity contribution >= 4 is 9.04 Å². The van der Waals surface area contributed by atoms with Gasteiger partial charge in [-0.2, -0.15) is 0 Å². The van der Waals surface area contributed by atoms with Crippen molar-refractivity contribution in [3.8, 4) is 0 Å². The molecule has 1 nitrogen and oxygen atoms in total. The summed E-state index contributed by atoms with van der Waals surface area (Å²) in [6.07, 6.45) is 8.04. The Labute approximate surface area is 77.5 Å². The van der Waals surface area contributed by atoms with Crippen LogP contribution in [0.4, 0.5) is 0 Å². The maximum atomic E-state index is 5.86. The fraction of sp³-hybridized carbons (Fsp3) is 0.800. The molecule has 1 rings (SSSR count). The van der Waals surface area contributed by atoms with Gasteiger partial charge in [0.15, 0.2) is 9.04 Å². The van der Waals surface area contributed by atoms with Crippen LogP contribution in [0.25, 0.3) is 0 Å². The predicted octanol–water partition coefficient (Wildman–Crippen LogP) is 2.88. The molecule has 1 atom stereocenters. The minimum atomic E-state index is -0.840. The Bertz CT molecular complexity index is 163. The van der Waals surface area contributed by atoms with Gasteiger partial charge in [-0.05, 0) is 51.3 Å². The van der Waals surface area contributed by atoms with Crippen LogP contribution < -0.4 is 0 Å². The van der Waals surface area contributed by atoms with E-state index in [1.165, 1.54) is 25.7 Å². The van der Waals surface area contributed by atoms with E-state index in [1.54, 1.807) is 5.57 Å². The molecule has 70 valence electrons. The summed E-state index contributed by atoms with van der Waals surface area (Å²) in [7, 11) is -0.840. The van der Waals surface area contributed by atoms with Crippen molar-refractivity contribution in [2.45, 2.75) is 51.8 Å². The van der Waals surface area contributed by atoms with E-state index in [1.807, 2.05) is 0 Å². The second-order valence-corrected chi connectivity index (χ2v) is 6.22. The summed E-state index contributed by atoms with van der Waals surface area (Å²) in [4.78, 5) is 0. The first-order valence-electron chi connectivity index (χ1n) is 5.04. The number of hydrogen-bond donors (Lipinski definition) is 0. The van der Waals surface area contributed by atoms with Crippen LogP contribution in [0, 0.1) is 0 Å². The van der Waals surface area contributed by atoms with E-state index in [-0.39, 0.29) is 0 Å². The molecule has 0 saturated carbocycles. The van der Waals surface area contributed by atoms with Gasteiger partial charge in [-0.25, -0.2) is 0 Å². The largest absolute Gasteiger partial charge is 0.414 e. The van der Waals surface area contributed by atoms with E-state index >= 15 is 0 Å². The van der Waals surface area contributed by atoms with Crippen LogP contribution in [0.2, 0.25) is 13.1 Å². The first-order valence-corrected chi connectivity index (χ1v) is 7.82. The van der Waals surface area contributed by atoms with Crippen LogP contribution in [0.1, 0.15) is 32.6 Å². The summed E-state index contributed by atoms with van der Waals surface area (Å²) < 4.78 is 5.86. The van der Waals surface area contributed by atoms with Crippen LogP contribution in [0.15, 0.2) is 11.6 Å². The molecule has 1 aliphatic rings. The number of rotatable bonds is 3. The summed E-state index contributed by atoms with van der Waals surface area (Å²) in [6.45, 7) is 6.67. The highest BCUT2D eigenvalue weighted by Crippen LogP contribution is 2.22. The Morgan fingerprint density at radius 3 is 2.67 bits per heavy atom. The highest BCUT2D eigenvalue weighted by Gasteiger charge is 2.12. The van der Waals surface area contributed by atoms with Crippen molar-refractivity contribution in [1.29, 1.82) is 0 Å². The molecule has 0 heterocycles. The Kier molecular flexibility index (Phi) is 4.02. The zero-order valence-corrected chi connectivity index (χ0v) is 9.62. The van der Waals surface area contributed by atoms with E-state index in [4.69, 9.17) is 4.43 Å². The molecule has 0 saturated heterocycles. The van der Waals surface area contributed by atoms with E-state index in [2.05, 4.69) is 26.1 Å². The van der Waals surface area contributed by atoms with Gasteiger partial charge in [0.25, 0.3) is 0 Å². The Morgan fingerprint density at radius 1 is 1.42 bits per heavy atom. The summed E-state index contributed by atoms with van der Waals surface area (Å²) in [5, 5.41) is 0. The Hall–Kier alpha value is -0.0831. The molecule has 0 fully saturated rings. The molecule has 1 aliphatic carbocycles. The average molecular weight is 184 g/mol. The molecule has 12 heavy (non-hydrogen) atoms. The Balaban J connectivity index is 2.39. The molecule has 0 amide bonds. The maximum absolute atomic E-state index is 5.86. The zero-order valence-electron chi connectivity index (χ0n) is 8.47. The van der Waals surface area contributed by atoms with Crippen molar-refractivity contribution in [1.82, 2.24) is 0 Å². The third kappa shape index (κ3) is 3.11. The van der Waals surface area contributed by atoms with E-state index in [9.17, 15) is 0 Å². The van der Waals surface area contributed by atoms with Gasteiger partial charge >= 0.3 is 0 Å². The van der Waals surface area contributed by atoms with Crippen LogP contribution >= 0.6 is 0 Å². The monoisotopic (exact) mass is 184 g/mol. The second kappa shape index (κ2) is 4.82. The average Bonchev–Trinajstić information content (AvgIpc) is 2.05. The molecular formula is C10H20OSi. The quantitative estimate of drug-likeness (QED) is 0.484. The number of hydrogen-bond acceptors (Lipinski definition) is 1. The number of allylic oxidation sites excluding steroid dienone is 1. The molecule has 0 radical (unpaired) electrons. The standard InChI is InChI=1S/C10H20OSi/c1-9(11-12(2)3)10-7-5-4-6-8-10/h7,9,12H,4-6,8H2,1-3H3. The van der Waals surface area contributed by atoms with Gasteiger partial charge in [0.1, 0.15) is 0 Å². The molecular weight excluding hydrogens is 164 g/mol. The molecule has 0 aromatic rings. The van der Waals surface area contributed by atoms with Crippen molar-refractivity contribution in [2.75, 3.05) is 0 Å². The smallest absolute Gasteiger partial charge is 0.171 e. The van der Waals surface area contributed by atoms with Crippen LogP contribution in [-0.2, 0) is 4.43 Å². The maximum Gasteiger partial charge on any atom is 0.171 e. The normalized spacial score (nSPS) is 20.8. The van der Waals surface area contributed by atoms with Gasteiger partial charge in [0.2, 0.25) is 0 Å². The molecule has 0 aliphatic heterocycles. The summed E-state index contributed by atoms with van der Waals surface area (Å²) in [5.74, 6) is 0. The van der Waals surface area contributed by atoms with Crippen molar-refractivity contribution in [3.05, 3.63) is 11.6 Å². The van der Waals surface area contributed by atoms with Crippen molar-refractivity contribution in [2.24, 2.45) is 0 Å². The fourth-order valence-electron chi connectivity index (χ4n) is 1.73. The lowest BCUT2D eigenvalue weighted by molar-refractivity contribution is 0.255. The second-order valence-electron chi connectivity index (χ2n) is 3.85. The lowest BCUT2D eigenvalue weighted by atomic mass is 9.96. The predicted molar refractivity (Wildman–Crippen MR) is 56.0 cm³/mol. The van der Waals surface area contributed by atoms with Crippen molar-refractivity contribution < 1.29 is 4.43 Å². The van der Waals surface area contributed by atoms with Gasteiger partial charge in [0, 0.05) is 0 Å². The van der Waals surface area contributed by atoms with Gasteiger partial charge in [-0.15, -0.1) is 0 Å². The third-order valence-electron chi connectivity index (χ3n) is 2.32. The molecule has 0 N–H and O–H groups in total. The van der Waals surface area contributed by atoms with E-state index < -0.39 is 9.04 Å². The van der Waals surface area contributed by atoms with Crippen LogP contribution in [0.3, 0.4) is 0 Å². The molecule has 0 aromatic heterocycles. The highest BCUT2D eigenvalue weighted by molar-refractivity contribution is 6.48. The Morgan fingerprint density at radius 2 is 2.17 bits per heavy atom. The fourth-order valence-corrected chi connectivity index (χ4v) is 2.72. The molecule has 0 aromatic carbocycles. The molecule has 2 heteroatoms. The SMILES string of the molecule is CC(O[SiH](C)C)C1=CCCCC1. The van der Waals surface area contributed by atoms with Gasteiger partial charge in [-0.3, -0.25) is 0 Å². The topological polar surface area (TPSA) is 9.23 Å². The van der Waals surface area contributed by atoms with Crippen molar-refractivity contribution in [3.63, 3.8) is 0 Å². The summed E-state index contributed by atoms with van der Waals surface area (Å²) >= 11 is 0. The lowest BCUT2D eigenvalue weighted by Gasteiger charge is -2.22. The van der Waals surface area contributed by atoms with Gasteiger partial charge < -0.3 is 4.43 Å².